The van der Waals surface area contributed by atoms with Crippen molar-refractivity contribution < 1.29 is 13.6 Å². The second kappa shape index (κ2) is 10.2. The topological polar surface area (TPSA) is 71.3 Å². The van der Waals surface area contributed by atoms with Crippen molar-refractivity contribution in [3.63, 3.8) is 0 Å². The van der Waals surface area contributed by atoms with Gasteiger partial charge >= 0.3 is 6.01 Å². The van der Waals surface area contributed by atoms with Gasteiger partial charge in [-0.3, -0.25) is 4.79 Å². The summed E-state index contributed by atoms with van der Waals surface area (Å²) in [5.41, 5.74) is 1.39. The van der Waals surface area contributed by atoms with E-state index < -0.39 is 11.9 Å². The Morgan fingerprint density at radius 2 is 1.71 bits per heavy atom. The van der Waals surface area contributed by atoms with E-state index in [1.54, 1.807) is 18.2 Å². The Labute approximate surface area is 181 Å². The molecular weight excluding hydrogens is 395 g/mol. The summed E-state index contributed by atoms with van der Waals surface area (Å²) in [6.45, 7) is 1.79. The first-order valence-electron chi connectivity index (χ1n) is 10.8. The lowest BCUT2D eigenvalue weighted by atomic mass is 10.1. The van der Waals surface area contributed by atoms with Crippen LogP contribution in [0, 0.1) is 5.82 Å². The van der Waals surface area contributed by atoms with Crippen molar-refractivity contribution in [1.29, 1.82) is 0 Å². The highest BCUT2D eigenvalue weighted by Gasteiger charge is 2.24. The minimum absolute atomic E-state index is 0.0505. The van der Waals surface area contributed by atoms with Gasteiger partial charge in [-0.1, -0.05) is 66.5 Å². The number of hydrogen-bond donors (Lipinski definition) is 1. The molecule has 0 aliphatic carbocycles. The number of hydrogen-bond acceptors (Lipinski definition) is 5. The molecule has 1 saturated heterocycles. The lowest BCUT2D eigenvalue weighted by molar-refractivity contribution is -0.121. The van der Waals surface area contributed by atoms with Gasteiger partial charge in [-0.2, -0.15) is 0 Å². The molecule has 0 unspecified atom stereocenters. The monoisotopic (exact) mass is 422 g/mol. The maximum atomic E-state index is 14.0. The molecule has 0 radical (unpaired) electrons. The number of halogens is 1. The van der Waals surface area contributed by atoms with E-state index in [4.69, 9.17) is 4.42 Å². The van der Waals surface area contributed by atoms with Gasteiger partial charge in [0.15, 0.2) is 0 Å². The third-order valence-electron chi connectivity index (χ3n) is 5.53. The molecule has 162 valence electrons. The molecule has 1 fully saturated rings. The van der Waals surface area contributed by atoms with Gasteiger partial charge in [0.1, 0.15) is 11.9 Å². The minimum Gasteiger partial charge on any atom is -0.406 e. The van der Waals surface area contributed by atoms with Gasteiger partial charge in [0.05, 0.1) is 6.42 Å². The van der Waals surface area contributed by atoms with Crippen LogP contribution in [0.3, 0.4) is 0 Å². The molecule has 1 amide bonds. The zero-order valence-electron chi connectivity index (χ0n) is 17.5. The van der Waals surface area contributed by atoms with Gasteiger partial charge in [-0.15, -0.1) is 5.10 Å². The number of nitrogens with zero attached hydrogens (tertiary/aromatic N) is 3. The molecule has 31 heavy (non-hydrogen) atoms. The van der Waals surface area contributed by atoms with Gasteiger partial charge in [-0.05, 0) is 30.0 Å². The van der Waals surface area contributed by atoms with E-state index in [0.717, 1.165) is 31.5 Å². The van der Waals surface area contributed by atoms with Crippen molar-refractivity contribution in [2.75, 3.05) is 18.0 Å². The highest BCUT2D eigenvalue weighted by atomic mass is 19.1. The SMILES string of the molecule is O=C(Cc1ccccc1F)N[C@H](Cc1ccccc1)c1nnc(N2CCCCCC2)o1. The first-order valence-corrected chi connectivity index (χ1v) is 10.8. The van der Waals surface area contributed by atoms with E-state index >= 15 is 0 Å². The lowest BCUT2D eigenvalue weighted by Crippen LogP contribution is -2.31. The number of rotatable bonds is 7. The first-order chi connectivity index (χ1) is 15.2. The normalized spacial score (nSPS) is 15.3. The maximum absolute atomic E-state index is 14.0. The molecule has 0 saturated carbocycles. The van der Waals surface area contributed by atoms with Gasteiger partial charge < -0.3 is 14.6 Å². The van der Waals surface area contributed by atoms with Gasteiger partial charge in [0.25, 0.3) is 0 Å². The molecule has 0 bridgehead atoms. The number of aromatic nitrogens is 2. The summed E-state index contributed by atoms with van der Waals surface area (Å²) in [7, 11) is 0. The highest BCUT2D eigenvalue weighted by molar-refractivity contribution is 5.79. The summed E-state index contributed by atoms with van der Waals surface area (Å²) in [5, 5.41) is 11.5. The average molecular weight is 423 g/mol. The predicted molar refractivity (Wildman–Crippen MR) is 116 cm³/mol. The van der Waals surface area contributed by atoms with E-state index in [1.165, 1.54) is 18.9 Å². The van der Waals surface area contributed by atoms with Gasteiger partial charge in [-0.25, -0.2) is 4.39 Å². The second-order valence-corrected chi connectivity index (χ2v) is 7.90. The second-order valence-electron chi connectivity index (χ2n) is 7.90. The Balaban J connectivity index is 1.51. The molecule has 0 spiro atoms. The van der Waals surface area contributed by atoms with Crippen molar-refractivity contribution in [2.24, 2.45) is 0 Å². The van der Waals surface area contributed by atoms with Crippen LogP contribution in [0.5, 0.6) is 0 Å². The smallest absolute Gasteiger partial charge is 0.318 e. The van der Waals surface area contributed by atoms with Crippen LogP contribution in [-0.2, 0) is 17.6 Å². The van der Waals surface area contributed by atoms with Gasteiger partial charge in [0.2, 0.25) is 11.8 Å². The van der Waals surface area contributed by atoms with Gasteiger partial charge in [0, 0.05) is 19.5 Å². The molecule has 1 aliphatic heterocycles. The number of amides is 1. The van der Waals surface area contributed by atoms with E-state index in [0.29, 0.717) is 23.9 Å². The molecule has 3 aromatic rings. The maximum Gasteiger partial charge on any atom is 0.318 e. The van der Waals surface area contributed by atoms with Crippen LogP contribution in [0.2, 0.25) is 0 Å². The average Bonchev–Trinajstić information content (AvgIpc) is 3.11. The van der Waals surface area contributed by atoms with E-state index in [9.17, 15) is 9.18 Å². The Kier molecular flexibility index (Phi) is 6.92. The number of carbonyl (C=O) groups is 1. The van der Waals surface area contributed by atoms with Crippen LogP contribution < -0.4 is 10.2 Å². The van der Waals surface area contributed by atoms with Crippen LogP contribution in [0.15, 0.2) is 59.0 Å². The summed E-state index contributed by atoms with van der Waals surface area (Å²) >= 11 is 0. The third-order valence-corrected chi connectivity index (χ3v) is 5.53. The van der Waals surface area contributed by atoms with Crippen LogP contribution in [0.25, 0.3) is 0 Å². The number of carbonyl (C=O) groups excluding carboxylic acids is 1. The van der Waals surface area contributed by atoms with Crippen LogP contribution >= 0.6 is 0 Å². The molecule has 6 nitrogen and oxygen atoms in total. The molecule has 7 heteroatoms. The summed E-state index contributed by atoms with van der Waals surface area (Å²) < 4.78 is 20.0. The first kappa shape index (κ1) is 21.0. The van der Waals surface area contributed by atoms with E-state index in [-0.39, 0.29) is 12.3 Å². The zero-order chi connectivity index (χ0) is 21.5. The van der Waals surface area contributed by atoms with E-state index in [2.05, 4.69) is 20.4 Å². The molecule has 1 aromatic heterocycles. The molecule has 2 aromatic carbocycles. The fraction of sp³-hybridized carbons (Fsp3) is 0.375. The summed E-state index contributed by atoms with van der Waals surface area (Å²) in [6.07, 6.45) is 5.08. The highest BCUT2D eigenvalue weighted by Crippen LogP contribution is 2.23. The fourth-order valence-electron chi connectivity index (χ4n) is 3.87. The van der Waals surface area contributed by atoms with E-state index in [1.807, 2.05) is 30.3 Å². The standard InChI is InChI=1S/C24H27FN4O2/c25-20-13-7-6-12-19(20)17-22(30)26-21(16-18-10-4-3-5-11-18)23-27-28-24(31-23)29-14-8-1-2-9-15-29/h3-7,10-13,21H,1-2,8-9,14-17H2,(H,26,30)/t21-/m1/s1. The molecule has 4 rings (SSSR count). The zero-order valence-corrected chi connectivity index (χ0v) is 17.5. The summed E-state index contributed by atoms with van der Waals surface area (Å²) in [4.78, 5) is 14.8. The number of benzene rings is 2. The molecule has 2 heterocycles. The van der Waals surface area contributed by atoms with Crippen molar-refractivity contribution >= 4 is 11.9 Å². The lowest BCUT2D eigenvalue weighted by Gasteiger charge is -2.18. The number of anilines is 1. The minimum atomic E-state index is -0.491. The molecular formula is C24H27FN4O2. The summed E-state index contributed by atoms with van der Waals surface area (Å²) in [5.74, 6) is -0.316. The van der Waals surface area contributed by atoms with Crippen molar-refractivity contribution in [2.45, 2.75) is 44.6 Å². The van der Waals surface area contributed by atoms with Crippen molar-refractivity contribution in [1.82, 2.24) is 15.5 Å². The predicted octanol–water partition coefficient (Wildman–Crippen LogP) is 4.23. The van der Waals surface area contributed by atoms with Crippen molar-refractivity contribution in [3.8, 4) is 0 Å². The largest absolute Gasteiger partial charge is 0.406 e. The Morgan fingerprint density at radius 1 is 1.00 bits per heavy atom. The molecule has 1 atom stereocenters. The fourth-order valence-corrected chi connectivity index (χ4v) is 3.87. The summed E-state index contributed by atoms with van der Waals surface area (Å²) in [6, 6.07) is 16.1. The van der Waals surface area contributed by atoms with Crippen LogP contribution in [-0.4, -0.2) is 29.2 Å². The number of nitrogens with one attached hydrogen (secondary N) is 1. The van der Waals surface area contributed by atoms with Crippen LogP contribution in [0.4, 0.5) is 10.4 Å². The Bertz CT molecular complexity index is 984. The van der Waals surface area contributed by atoms with Crippen LogP contribution in [0.1, 0.15) is 48.7 Å². The Hall–Kier alpha value is -3.22. The quantitative estimate of drug-likeness (QED) is 0.617. The third kappa shape index (κ3) is 5.69. The molecule has 1 aliphatic rings. The van der Waals surface area contributed by atoms with Crippen molar-refractivity contribution in [3.05, 3.63) is 77.4 Å². The molecule has 1 N–H and O–H groups in total. The Morgan fingerprint density at radius 3 is 2.45 bits per heavy atom.